The third-order valence-electron chi connectivity index (χ3n) is 5.68. The third kappa shape index (κ3) is 4.69. The highest BCUT2D eigenvalue weighted by atomic mass is 79.9. The van der Waals surface area contributed by atoms with E-state index in [9.17, 15) is 9.18 Å². The fourth-order valence-corrected chi connectivity index (χ4v) is 4.86. The highest BCUT2D eigenvalue weighted by Crippen LogP contribution is 2.43. The number of hydrogen-bond acceptors (Lipinski definition) is 4. The van der Waals surface area contributed by atoms with E-state index in [4.69, 9.17) is 16.6 Å². The maximum Gasteiger partial charge on any atom is 0.221 e. The number of benzene rings is 2. The number of pyridine rings is 1. The van der Waals surface area contributed by atoms with Crippen LogP contribution in [-0.4, -0.2) is 16.0 Å². The first-order chi connectivity index (χ1) is 16.9. The molecule has 1 aliphatic rings. The third-order valence-corrected chi connectivity index (χ3v) is 6.49. The van der Waals surface area contributed by atoms with Gasteiger partial charge in [0.1, 0.15) is 23.4 Å². The molecule has 0 saturated carbocycles. The van der Waals surface area contributed by atoms with Crippen LogP contribution < -0.4 is 15.5 Å². The molecule has 1 saturated heterocycles. The molecule has 0 unspecified atom stereocenters. The zero-order valence-corrected chi connectivity index (χ0v) is 20.9. The Hall–Kier alpha value is -3.56. The van der Waals surface area contributed by atoms with Gasteiger partial charge >= 0.3 is 0 Å². The number of aromatic nitrogens is 1. The highest BCUT2D eigenvalue weighted by Gasteiger charge is 2.42. The van der Waals surface area contributed by atoms with E-state index in [0.29, 0.717) is 32.4 Å². The van der Waals surface area contributed by atoms with Crippen LogP contribution in [0, 0.1) is 5.82 Å². The molecule has 2 N–H and O–H groups in total. The van der Waals surface area contributed by atoms with Crippen LogP contribution in [0.25, 0.3) is 11.3 Å². The van der Waals surface area contributed by atoms with Crippen LogP contribution in [-0.2, 0) is 4.79 Å². The molecule has 0 spiro atoms. The fraction of sp³-hybridized carbons (Fsp3) is 0.115. The monoisotopic (exact) mass is 550 g/mol. The van der Waals surface area contributed by atoms with Crippen molar-refractivity contribution in [1.29, 1.82) is 0 Å². The maximum atomic E-state index is 14.6. The summed E-state index contributed by atoms with van der Waals surface area (Å²) in [5, 5.41) is 6.64. The summed E-state index contributed by atoms with van der Waals surface area (Å²) in [5.41, 5.74) is 2.66. The molecule has 0 bridgehead atoms. The Morgan fingerprint density at radius 1 is 1.14 bits per heavy atom. The molecule has 0 radical (unpaired) electrons. The number of hydrogen-bond donors (Lipinski definition) is 2. The van der Waals surface area contributed by atoms with Gasteiger partial charge in [0, 0.05) is 29.0 Å². The Morgan fingerprint density at radius 2 is 1.94 bits per heavy atom. The van der Waals surface area contributed by atoms with Crippen molar-refractivity contribution in [3.8, 4) is 11.3 Å². The minimum Gasteiger partial charge on any atom is -0.459 e. The molecule has 35 heavy (non-hydrogen) atoms. The first kappa shape index (κ1) is 23.2. The van der Waals surface area contributed by atoms with Gasteiger partial charge in [-0.15, -0.1) is 0 Å². The number of furan rings is 1. The van der Waals surface area contributed by atoms with Crippen LogP contribution in [0.1, 0.15) is 30.5 Å². The summed E-state index contributed by atoms with van der Waals surface area (Å²) in [4.78, 5) is 17.9. The zero-order chi connectivity index (χ0) is 24.5. The molecule has 9 heteroatoms. The molecule has 3 heterocycles. The van der Waals surface area contributed by atoms with Crippen molar-refractivity contribution in [3.63, 3.8) is 0 Å². The topological polar surface area (TPSA) is 70.4 Å². The van der Waals surface area contributed by atoms with Crippen LogP contribution in [0.2, 0.25) is 0 Å². The summed E-state index contributed by atoms with van der Waals surface area (Å²) in [6, 6.07) is 20.9. The van der Waals surface area contributed by atoms with Gasteiger partial charge in [-0.3, -0.25) is 9.78 Å². The second kappa shape index (κ2) is 9.59. The number of carbonyl (C=O) groups is 1. The number of amides is 1. The Balaban J connectivity index is 1.56. The summed E-state index contributed by atoms with van der Waals surface area (Å²) < 4.78 is 21.5. The second-order valence-electron chi connectivity index (χ2n) is 8.05. The number of rotatable bonds is 5. The molecular weight excluding hydrogens is 531 g/mol. The van der Waals surface area contributed by atoms with Gasteiger partial charge < -0.3 is 20.0 Å². The predicted octanol–water partition coefficient (Wildman–Crippen LogP) is 6.38. The number of nitrogens with zero attached hydrogens (tertiary/aromatic N) is 2. The largest absolute Gasteiger partial charge is 0.459 e. The minimum atomic E-state index is -0.382. The summed E-state index contributed by atoms with van der Waals surface area (Å²) in [5.74, 6) is 0.499. The van der Waals surface area contributed by atoms with Crippen molar-refractivity contribution < 1.29 is 13.6 Å². The first-order valence-electron chi connectivity index (χ1n) is 10.8. The molecule has 176 valence electrons. The van der Waals surface area contributed by atoms with Crippen LogP contribution in [0.5, 0.6) is 0 Å². The Morgan fingerprint density at radius 3 is 2.63 bits per heavy atom. The Kier molecular flexibility index (Phi) is 6.36. The van der Waals surface area contributed by atoms with E-state index in [-0.39, 0.29) is 23.8 Å². The predicted molar refractivity (Wildman–Crippen MR) is 140 cm³/mol. The van der Waals surface area contributed by atoms with Gasteiger partial charge in [0.05, 0.1) is 17.3 Å². The van der Waals surface area contributed by atoms with E-state index in [0.717, 1.165) is 11.4 Å². The van der Waals surface area contributed by atoms with Gasteiger partial charge in [-0.1, -0.05) is 22.0 Å². The zero-order valence-electron chi connectivity index (χ0n) is 18.5. The quantitative estimate of drug-likeness (QED) is 0.281. The van der Waals surface area contributed by atoms with Gasteiger partial charge in [-0.25, -0.2) is 4.39 Å². The molecule has 1 aliphatic heterocycles. The van der Waals surface area contributed by atoms with E-state index >= 15 is 0 Å². The summed E-state index contributed by atoms with van der Waals surface area (Å²) >= 11 is 9.02. The van der Waals surface area contributed by atoms with Gasteiger partial charge in [-0.2, -0.15) is 0 Å². The van der Waals surface area contributed by atoms with Gasteiger partial charge in [0.25, 0.3) is 0 Å². The molecule has 0 aliphatic carbocycles. The molecule has 1 amide bonds. The van der Waals surface area contributed by atoms with Crippen molar-refractivity contribution in [2.75, 3.05) is 10.2 Å². The van der Waals surface area contributed by atoms with Gasteiger partial charge in [0.15, 0.2) is 5.11 Å². The normalized spacial score (nSPS) is 17.3. The average Bonchev–Trinajstić information content (AvgIpc) is 3.44. The average molecular weight is 551 g/mol. The van der Waals surface area contributed by atoms with Crippen molar-refractivity contribution >= 4 is 50.5 Å². The lowest BCUT2D eigenvalue weighted by atomic mass is 10.0. The Labute approximate surface area is 215 Å². The van der Waals surface area contributed by atoms with Crippen molar-refractivity contribution in [2.24, 2.45) is 0 Å². The standard InChI is InChI=1S/C26H20BrFN4O2S/c1-15(33)30-17-6-8-18(9-7-17)32-25(24(31-26(32)35)21-4-2-3-13-29-21)23-12-11-22(34-23)19-10-5-16(27)14-20(19)28/h2-14,24-25H,1H3,(H,30,33)(H,31,35)/t24-,25-/m0/s1. The van der Waals surface area contributed by atoms with E-state index < -0.39 is 0 Å². The smallest absolute Gasteiger partial charge is 0.221 e. The summed E-state index contributed by atoms with van der Waals surface area (Å²) in [7, 11) is 0. The van der Waals surface area contributed by atoms with Crippen molar-refractivity contribution in [3.05, 3.63) is 101 Å². The maximum absolute atomic E-state index is 14.6. The van der Waals surface area contributed by atoms with Gasteiger partial charge in [0.2, 0.25) is 5.91 Å². The number of nitrogens with one attached hydrogen (secondary N) is 2. The van der Waals surface area contributed by atoms with Crippen molar-refractivity contribution in [1.82, 2.24) is 10.3 Å². The molecule has 2 atom stereocenters. The van der Waals surface area contributed by atoms with Crippen molar-refractivity contribution in [2.45, 2.75) is 19.0 Å². The van der Waals surface area contributed by atoms with Gasteiger partial charge in [-0.05, 0) is 78.9 Å². The second-order valence-corrected chi connectivity index (χ2v) is 9.35. The van der Waals surface area contributed by atoms with Crippen LogP contribution >= 0.6 is 28.1 Å². The SMILES string of the molecule is CC(=O)Nc1ccc(N2C(=S)N[C@@H](c3ccccn3)[C@@H]2c2ccc(-c3ccc(Br)cc3F)o2)cc1. The van der Waals surface area contributed by atoms with E-state index in [1.54, 1.807) is 24.4 Å². The first-order valence-corrected chi connectivity index (χ1v) is 12.0. The van der Waals surface area contributed by atoms with Crippen LogP contribution in [0.4, 0.5) is 15.8 Å². The lowest BCUT2D eigenvalue weighted by molar-refractivity contribution is -0.114. The molecular formula is C26H20BrFN4O2S. The van der Waals surface area contributed by atoms with Crippen LogP contribution in [0.15, 0.2) is 87.9 Å². The molecule has 6 nitrogen and oxygen atoms in total. The fourth-order valence-electron chi connectivity index (χ4n) is 4.18. The van der Waals surface area contributed by atoms with Crippen LogP contribution in [0.3, 0.4) is 0 Å². The molecule has 2 aromatic carbocycles. The number of carbonyl (C=O) groups excluding carboxylic acids is 1. The summed E-state index contributed by atoms with van der Waals surface area (Å²) in [6.07, 6.45) is 1.73. The van der Waals surface area contributed by atoms with E-state index in [1.165, 1.54) is 13.0 Å². The molecule has 4 aromatic rings. The van der Waals surface area contributed by atoms with E-state index in [2.05, 4.69) is 31.5 Å². The molecule has 1 fully saturated rings. The Bertz CT molecular complexity index is 1390. The highest BCUT2D eigenvalue weighted by molar-refractivity contribution is 9.10. The summed E-state index contributed by atoms with van der Waals surface area (Å²) in [6.45, 7) is 1.46. The lowest BCUT2D eigenvalue weighted by Crippen LogP contribution is -2.29. The number of anilines is 2. The lowest BCUT2D eigenvalue weighted by Gasteiger charge is -2.26. The number of thiocarbonyl (C=S) groups is 1. The number of halogens is 2. The molecule has 5 rings (SSSR count). The molecule has 2 aromatic heterocycles. The van der Waals surface area contributed by atoms with E-state index in [1.807, 2.05) is 53.4 Å². The minimum absolute atomic E-state index is 0.146.